The Morgan fingerprint density at radius 1 is 1.03 bits per heavy atom. The third-order valence-electron chi connectivity index (χ3n) is 6.92. The largest absolute Gasteiger partial charge is 0.320 e. The van der Waals surface area contributed by atoms with Crippen LogP contribution in [0.4, 0.5) is 5.69 Å². The van der Waals surface area contributed by atoms with Crippen molar-refractivity contribution in [2.75, 3.05) is 18.4 Å². The highest BCUT2D eigenvalue weighted by Crippen LogP contribution is 2.28. The van der Waals surface area contributed by atoms with Gasteiger partial charge in [0.25, 0.3) is 5.56 Å². The fraction of sp³-hybridized carbons (Fsp3) is 0.407. The predicted molar refractivity (Wildman–Crippen MR) is 141 cm³/mol. The summed E-state index contributed by atoms with van der Waals surface area (Å²) < 4.78 is 31.2. The van der Waals surface area contributed by atoms with Gasteiger partial charge in [0.15, 0.2) is 0 Å². The van der Waals surface area contributed by atoms with Gasteiger partial charge in [-0.2, -0.15) is 4.31 Å². The Morgan fingerprint density at radius 3 is 2.28 bits per heavy atom. The first-order chi connectivity index (χ1) is 16.9. The zero-order valence-electron chi connectivity index (χ0n) is 21.5. The molecule has 3 aromatic rings. The van der Waals surface area contributed by atoms with Crippen LogP contribution in [0.15, 0.2) is 64.3 Å². The van der Waals surface area contributed by atoms with E-state index in [1.807, 2.05) is 42.5 Å². The lowest BCUT2D eigenvalue weighted by Crippen LogP contribution is -2.44. The van der Waals surface area contributed by atoms with Crippen LogP contribution in [-0.4, -0.2) is 41.1 Å². The van der Waals surface area contributed by atoms with Crippen LogP contribution in [0.25, 0.3) is 5.69 Å². The summed E-state index contributed by atoms with van der Waals surface area (Å²) in [7, 11) is -1.97. The molecule has 192 valence electrons. The van der Waals surface area contributed by atoms with Crippen molar-refractivity contribution < 1.29 is 13.2 Å². The van der Waals surface area contributed by atoms with Gasteiger partial charge in [-0.3, -0.25) is 14.3 Å². The maximum atomic E-state index is 13.3. The SMILES string of the molecule is Cc1c(NC(=O)C2CCCN(S(=O)(=O)c3ccc(C(C)(C)C)cc3)C2)c(=O)n(-c2ccccc2)n1C. The average Bonchev–Trinajstić information content (AvgIpc) is 3.07. The number of hydrogen-bond donors (Lipinski definition) is 1. The van der Waals surface area contributed by atoms with Crippen molar-refractivity contribution in [3.8, 4) is 5.69 Å². The van der Waals surface area contributed by atoms with Gasteiger partial charge in [0.2, 0.25) is 15.9 Å². The molecule has 1 aliphatic heterocycles. The van der Waals surface area contributed by atoms with Gasteiger partial charge in [-0.25, -0.2) is 13.1 Å². The first kappa shape index (κ1) is 25.9. The molecule has 9 heteroatoms. The molecule has 1 N–H and O–H groups in total. The van der Waals surface area contributed by atoms with Crippen LogP contribution in [0.2, 0.25) is 0 Å². The number of aromatic nitrogens is 2. The van der Waals surface area contributed by atoms with E-state index in [4.69, 9.17) is 0 Å². The van der Waals surface area contributed by atoms with E-state index in [9.17, 15) is 18.0 Å². The second-order valence-corrected chi connectivity index (χ2v) is 12.3. The Morgan fingerprint density at radius 2 is 1.67 bits per heavy atom. The molecule has 1 unspecified atom stereocenters. The van der Waals surface area contributed by atoms with Crippen LogP contribution in [-0.2, 0) is 27.3 Å². The number of nitrogens with zero attached hydrogens (tertiary/aromatic N) is 3. The molecular formula is C27H34N4O4S. The van der Waals surface area contributed by atoms with Crippen molar-refractivity contribution in [2.24, 2.45) is 13.0 Å². The van der Waals surface area contributed by atoms with E-state index in [1.54, 1.807) is 30.8 Å². The second-order valence-electron chi connectivity index (χ2n) is 10.4. The molecule has 2 aromatic carbocycles. The summed E-state index contributed by atoms with van der Waals surface area (Å²) in [6.45, 7) is 8.44. The minimum atomic E-state index is -3.74. The number of piperidine rings is 1. The molecule has 1 aromatic heterocycles. The summed E-state index contributed by atoms with van der Waals surface area (Å²) >= 11 is 0. The van der Waals surface area contributed by atoms with Crippen LogP contribution in [0.3, 0.4) is 0 Å². The number of para-hydroxylation sites is 1. The Balaban J connectivity index is 1.53. The van der Waals surface area contributed by atoms with E-state index in [-0.39, 0.29) is 34.0 Å². The van der Waals surface area contributed by atoms with E-state index in [2.05, 4.69) is 26.1 Å². The lowest BCUT2D eigenvalue weighted by Gasteiger charge is -2.31. The number of anilines is 1. The van der Waals surface area contributed by atoms with Gasteiger partial charge >= 0.3 is 0 Å². The van der Waals surface area contributed by atoms with Gasteiger partial charge in [-0.05, 0) is 55.0 Å². The molecule has 1 fully saturated rings. The van der Waals surface area contributed by atoms with Crippen LogP contribution >= 0.6 is 0 Å². The minimum absolute atomic E-state index is 0.0773. The first-order valence-corrected chi connectivity index (χ1v) is 13.6. The summed E-state index contributed by atoms with van der Waals surface area (Å²) in [6.07, 6.45) is 1.12. The Bertz CT molecular complexity index is 1420. The molecule has 0 saturated carbocycles. The van der Waals surface area contributed by atoms with Gasteiger partial charge in [-0.1, -0.05) is 51.1 Å². The Kier molecular flexibility index (Phi) is 6.99. The number of carbonyl (C=O) groups excluding carboxylic acids is 1. The highest BCUT2D eigenvalue weighted by atomic mass is 32.2. The smallest absolute Gasteiger partial charge is 0.295 e. The van der Waals surface area contributed by atoms with Crippen molar-refractivity contribution in [1.82, 2.24) is 13.7 Å². The van der Waals surface area contributed by atoms with E-state index in [1.165, 1.54) is 8.99 Å². The van der Waals surface area contributed by atoms with Crippen LogP contribution < -0.4 is 10.9 Å². The van der Waals surface area contributed by atoms with Gasteiger partial charge < -0.3 is 5.32 Å². The number of amides is 1. The van der Waals surface area contributed by atoms with Gasteiger partial charge in [-0.15, -0.1) is 0 Å². The highest BCUT2D eigenvalue weighted by Gasteiger charge is 2.34. The summed E-state index contributed by atoms with van der Waals surface area (Å²) in [5.41, 5.74) is 2.18. The summed E-state index contributed by atoms with van der Waals surface area (Å²) in [5, 5.41) is 2.80. The molecule has 0 bridgehead atoms. The Hall–Kier alpha value is -3.17. The topological polar surface area (TPSA) is 93.4 Å². The number of carbonyl (C=O) groups is 1. The molecule has 36 heavy (non-hydrogen) atoms. The zero-order valence-corrected chi connectivity index (χ0v) is 22.3. The standard InChI is InChI=1S/C27H34N4O4S/c1-19-24(26(33)31(29(19)5)22-11-7-6-8-12-22)28-25(32)20-10-9-17-30(18-20)36(34,35)23-15-13-21(14-16-23)27(2,3)4/h6-8,11-16,20H,9-10,17-18H2,1-5H3,(H,28,32). The third kappa shape index (κ3) is 4.90. The highest BCUT2D eigenvalue weighted by molar-refractivity contribution is 7.89. The monoisotopic (exact) mass is 510 g/mol. The minimum Gasteiger partial charge on any atom is -0.320 e. The molecule has 0 spiro atoms. The van der Waals surface area contributed by atoms with E-state index < -0.39 is 15.9 Å². The molecular weight excluding hydrogens is 476 g/mol. The number of hydrogen-bond acceptors (Lipinski definition) is 4. The predicted octanol–water partition coefficient (Wildman–Crippen LogP) is 3.82. The van der Waals surface area contributed by atoms with Crippen LogP contribution in [0, 0.1) is 12.8 Å². The lowest BCUT2D eigenvalue weighted by molar-refractivity contribution is -0.120. The molecule has 0 aliphatic carbocycles. The van der Waals surface area contributed by atoms with Crippen molar-refractivity contribution in [3.63, 3.8) is 0 Å². The molecule has 1 atom stereocenters. The van der Waals surface area contributed by atoms with E-state index in [0.29, 0.717) is 30.8 Å². The summed E-state index contributed by atoms with van der Waals surface area (Å²) in [6, 6.07) is 16.2. The molecule has 1 aliphatic rings. The van der Waals surface area contributed by atoms with Gasteiger partial charge in [0, 0.05) is 20.1 Å². The van der Waals surface area contributed by atoms with Crippen molar-refractivity contribution >= 4 is 21.6 Å². The molecule has 0 radical (unpaired) electrons. The first-order valence-electron chi connectivity index (χ1n) is 12.2. The quantitative estimate of drug-likeness (QED) is 0.565. The van der Waals surface area contributed by atoms with E-state index >= 15 is 0 Å². The van der Waals surface area contributed by atoms with Crippen molar-refractivity contribution in [2.45, 2.75) is 50.8 Å². The molecule has 8 nitrogen and oxygen atoms in total. The van der Waals surface area contributed by atoms with Crippen molar-refractivity contribution in [3.05, 3.63) is 76.2 Å². The molecule has 4 rings (SSSR count). The molecule has 2 heterocycles. The average molecular weight is 511 g/mol. The number of sulfonamides is 1. The zero-order chi connectivity index (χ0) is 26.3. The normalized spacial score (nSPS) is 17.2. The summed E-state index contributed by atoms with van der Waals surface area (Å²) in [4.78, 5) is 26.6. The molecule has 1 saturated heterocycles. The number of nitrogens with one attached hydrogen (secondary N) is 1. The van der Waals surface area contributed by atoms with E-state index in [0.717, 1.165) is 5.56 Å². The maximum Gasteiger partial charge on any atom is 0.295 e. The fourth-order valence-electron chi connectivity index (χ4n) is 4.59. The fourth-order valence-corrected chi connectivity index (χ4v) is 6.11. The van der Waals surface area contributed by atoms with Gasteiger partial charge in [0.1, 0.15) is 5.69 Å². The number of benzene rings is 2. The van der Waals surface area contributed by atoms with Crippen LogP contribution in [0.5, 0.6) is 0 Å². The molecule has 1 amide bonds. The van der Waals surface area contributed by atoms with Crippen LogP contribution in [0.1, 0.15) is 44.9 Å². The number of rotatable bonds is 5. The maximum absolute atomic E-state index is 13.3. The second kappa shape index (κ2) is 9.71. The third-order valence-corrected chi connectivity index (χ3v) is 8.79. The van der Waals surface area contributed by atoms with Crippen molar-refractivity contribution in [1.29, 1.82) is 0 Å². The van der Waals surface area contributed by atoms with Gasteiger partial charge in [0.05, 0.1) is 22.2 Å². The lowest BCUT2D eigenvalue weighted by atomic mass is 9.87. The summed E-state index contributed by atoms with van der Waals surface area (Å²) in [5.74, 6) is -0.893. The Labute approximate surface area is 212 Å².